The Hall–Kier alpha value is -3.15. The Kier molecular flexibility index (Phi) is 2.96. The molecule has 2 heterocycles. The topological polar surface area (TPSA) is 66.9 Å². The third-order valence-corrected chi connectivity index (χ3v) is 4.34. The average Bonchev–Trinajstić information content (AvgIpc) is 2.84. The first kappa shape index (κ1) is 14.4. The molecule has 3 amide bonds. The van der Waals surface area contributed by atoms with Gasteiger partial charge in [0.05, 0.1) is 22.5 Å². The van der Waals surface area contributed by atoms with Crippen LogP contribution in [-0.4, -0.2) is 30.9 Å². The van der Waals surface area contributed by atoms with Crippen molar-refractivity contribution in [2.75, 3.05) is 16.8 Å². The van der Waals surface area contributed by atoms with E-state index in [-0.39, 0.29) is 17.7 Å². The van der Waals surface area contributed by atoms with Crippen molar-refractivity contribution in [3.05, 3.63) is 53.6 Å². The Morgan fingerprint density at radius 3 is 2.21 bits per heavy atom. The van der Waals surface area contributed by atoms with Gasteiger partial charge in [0.2, 0.25) is 0 Å². The summed E-state index contributed by atoms with van der Waals surface area (Å²) in [5, 5.41) is 0. The van der Waals surface area contributed by atoms with E-state index in [2.05, 4.69) is 0 Å². The number of likely N-dealkylation sites (N-methyl/N-ethyl adjacent to an activating group) is 1. The Labute approximate surface area is 138 Å². The van der Waals surface area contributed by atoms with Crippen molar-refractivity contribution in [3.63, 3.8) is 0 Å². The van der Waals surface area contributed by atoms with Crippen molar-refractivity contribution in [2.24, 2.45) is 0 Å². The predicted octanol–water partition coefficient (Wildman–Crippen LogP) is 2.23. The molecule has 0 saturated heterocycles. The lowest BCUT2D eigenvalue weighted by Gasteiger charge is -2.31. The molecule has 0 fully saturated rings. The highest BCUT2D eigenvalue weighted by atomic mass is 16.5. The van der Waals surface area contributed by atoms with Gasteiger partial charge in [-0.15, -0.1) is 0 Å². The largest absolute Gasteiger partial charge is 0.479 e. The van der Waals surface area contributed by atoms with E-state index >= 15 is 0 Å². The van der Waals surface area contributed by atoms with E-state index in [9.17, 15) is 14.4 Å². The van der Waals surface area contributed by atoms with E-state index in [4.69, 9.17) is 4.74 Å². The zero-order chi connectivity index (χ0) is 17.0. The van der Waals surface area contributed by atoms with E-state index in [0.29, 0.717) is 28.3 Å². The molecule has 2 aromatic rings. The molecule has 0 aromatic heterocycles. The molecule has 120 valence electrons. The van der Waals surface area contributed by atoms with Gasteiger partial charge in [0, 0.05) is 7.05 Å². The molecule has 6 nitrogen and oxygen atoms in total. The summed E-state index contributed by atoms with van der Waals surface area (Å²) in [4.78, 5) is 39.8. The number of imide groups is 1. The molecule has 6 heteroatoms. The Morgan fingerprint density at radius 1 is 0.958 bits per heavy atom. The first-order valence-corrected chi connectivity index (χ1v) is 7.55. The minimum atomic E-state index is -0.562. The minimum Gasteiger partial charge on any atom is -0.479 e. The standard InChI is InChI=1S/C18H14N2O4/c1-10-16(21)19(2)14-9-11(7-8-15(14)24-10)20-17(22)12-5-3-4-6-13(12)18(20)23/h3-10H,1-2H3. The molecule has 0 radical (unpaired) electrons. The van der Waals surface area contributed by atoms with Crippen molar-refractivity contribution < 1.29 is 19.1 Å². The number of nitrogens with zero attached hydrogens (tertiary/aromatic N) is 2. The zero-order valence-electron chi connectivity index (χ0n) is 13.1. The summed E-state index contributed by atoms with van der Waals surface area (Å²) in [6, 6.07) is 11.7. The summed E-state index contributed by atoms with van der Waals surface area (Å²) in [5.74, 6) is -0.365. The number of benzene rings is 2. The van der Waals surface area contributed by atoms with E-state index in [1.165, 1.54) is 4.90 Å². The Bertz CT molecular complexity index is 871. The van der Waals surface area contributed by atoms with Gasteiger partial charge in [0.25, 0.3) is 17.7 Å². The number of fused-ring (bicyclic) bond motifs is 2. The maximum atomic E-state index is 12.6. The van der Waals surface area contributed by atoms with E-state index < -0.39 is 6.10 Å². The number of carbonyl (C=O) groups is 3. The highest BCUT2D eigenvalue weighted by Gasteiger charge is 2.37. The molecule has 0 aliphatic carbocycles. The molecule has 2 aliphatic heterocycles. The van der Waals surface area contributed by atoms with Gasteiger partial charge in [-0.05, 0) is 37.3 Å². The second kappa shape index (κ2) is 4.92. The van der Waals surface area contributed by atoms with Crippen LogP contribution in [-0.2, 0) is 4.79 Å². The second-order valence-electron chi connectivity index (χ2n) is 5.80. The lowest BCUT2D eigenvalue weighted by molar-refractivity contribution is -0.125. The smallest absolute Gasteiger partial charge is 0.267 e. The quantitative estimate of drug-likeness (QED) is 0.755. The van der Waals surface area contributed by atoms with Crippen LogP contribution < -0.4 is 14.5 Å². The van der Waals surface area contributed by atoms with Gasteiger partial charge in [-0.25, -0.2) is 4.90 Å². The fraction of sp³-hybridized carbons (Fsp3) is 0.167. The number of carbonyl (C=O) groups excluding carboxylic acids is 3. The Balaban J connectivity index is 1.79. The van der Waals surface area contributed by atoms with Crippen LogP contribution in [0.1, 0.15) is 27.6 Å². The highest BCUT2D eigenvalue weighted by molar-refractivity contribution is 6.34. The van der Waals surface area contributed by atoms with E-state index in [1.54, 1.807) is 56.4 Å². The van der Waals surface area contributed by atoms with Crippen molar-refractivity contribution >= 4 is 29.1 Å². The molecular weight excluding hydrogens is 308 g/mol. The first-order chi connectivity index (χ1) is 11.5. The Morgan fingerprint density at radius 2 is 1.58 bits per heavy atom. The van der Waals surface area contributed by atoms with Crippen molar-refractivity contribution in [1.82, 2.24) is 0 Å². The van der Waals surface area contributed by atoms with Gasteiger partial charge in [-0.2, -0.15) is 0 Å². The van der Waals surface area contributed by atoms with Crippen LogP contribution in [0.4, 0.5) is 11.4 Å². The van der Waals surface area contributed by atoms with Gasteiger partial charge >= 0.3 is 0 Å². The van der Waals surface area contributed by atoms with E-state index in [0.717, 1.165) is 4.90 Å². The minimum absolute atomic E-state index is 0.179. The van der Waals surface area contributed by atoms with E-state index in [1.807, 2.05) is 0 Å². The number of anilines is 2. The van der Waals surface area contributed by atoms with Gasteiger partial charge < -0.3 is 9.64 Å². The average molecular weight is 322 g/mol. The van der Waals surface area contributed by atoms with Crippen molar-refractivity contribution in [3.8, 4) is 5.75 Å². The zero-order valence-corrected chi connectivity index (χ0v) is 13.1. The van der Waals surface area contributed by atoms with Crippen LogP contribution in [0.15, 0.2) is 42.5 Å². The molecule has 0 N–H and O–H groups in total. The molecule has 2 aromatic carbocycles. The van der Waals surface area contributed by atoms with Crippen LogP contribution in [0.5, 0.6) is 5.75 Å². The van der Waals surface area contributed by atoms with Crippen LogP contribution in [0.2, 0.25) is 0 Å². The summed E-state index contributed by atoms with van der Waals surface area (Å²) in [7, 11) is 1.65. The van der Waals surface area contributed by atoms with Crippen molar-refractivity contribution in [1.29, 1.82) is 0 Å². The molecule has 1 atom stereocenters. The van der Waals surface area contributed by atoms with Gasteiger partial charge in [0.1, 0.15) is 5.75 Å². The molecule has 4 rings (SSSR count). The maximum Gasteiger partial charge on any atom is 0.267 e. The summed E-state index contributed by atoms with van der Waals surface area (Å²) in [6.07, 6.45) is -0.562. The summed E-state index contributed by atoms with van der Waals surface area (Å²) in [6.45, 7) is 1.68. The van der Waals surface area contributed by atoms with Crippen LogP contribution in [0.25, 0.3) is 0 Å². The van der Waals surface area contributed by atoms with Crippen molar-refractivity contribution in [2.45, 2.75) is 13.0 Å². The molecular formula is C18H14N2O4. The number of rotatable bonds is 1. The fourth-order valence-electron chi connectivity index (χ4n) is 3.06. The van der Waals surface area contributed by atoms with Crippen LogP contribution in [0.3, 0.4) is 0 Å². The molecule has 0 bridgehead atoms. The molecule has 2 aliphatic rings. The molecule has 24 heavy (non-hydrogen) atoms. The number of hydrogen-bond acceptors (Lipinski definition) is 4. The maximum absolute atomic E-state index is 12.6. The SMILES string of the molecule is CC1Oc2ccc(N3C(=O)c4ccccc4C3=O)cc2N(C)C1=O. The van der Waals surface area contributed by atoms with Crippen LogP contribution >= 0.6 is 0 Å². The summed E-state index contributed by atoms with van der Waals surface area (Å²) < 4.78 is 5.57. The monoisotopic (exact) mass is 322 g/mol. The predicted molar refractivity (Wildman–Crippen MR) is 87.5 cm³/mol. The normalized spacial score (nSPS) is 19.2. The third kappa shape index (κ3) is 1.86. The van der Waals surface area contributed by atoms with Gasteiger partial charge in [-0.3, -0.25) is 14.4 Å². The van der Waals surface area contributed by atoms with Gasteiger partial charge in [0.15, 0.2) is 6.10 Å². The fourth-order valence-corrected chi connectivity index (χ4v) is 3.06. The van der Waals surface area contributed by atoms with Gasteiger partial charge in [-0.1, -0.05) is 12.1 Å². The highest BCUT2D eigenvalue weighted by Crippen LogP contribution is 2.38. The molecule has 0 spiro atoms. The molecule has 0 saturated carbocycles. The number of amides is 3. The summed E-state index contributed by atoms with van der Waals surface area (Å²) >= 11 is 0. The second-order valence-corrected chi connectivity index (χ2v) is 5.80. The lowest BCUT2D eigenvalue weighted by atomic mass is 10.1. The lowest BCUT2D eigenvalue weighted by Crippen LogP contribution is -2.42. The summed E-state index contributed by atoms with van der Waals surface area (Å²) in [5.41, 5.74) is 1.72. The number of hydrogen-bond donors (Lipinski definition) is 0. The number of ether oxygens (including phenoxy) is 1. The van der Waals surface area contributed by atoms with Crippen LogP contribution in [0, 0.1) is 0 Å². The first-order valence-electron chi connectivity index (χ1n) is 7.55. The third-order valence-electron chi connectivity index (χ3n) is 4.34. The molecule has 1 unspecified atom stereocenters.